The number of hydrogen-bond acceptors (Lipinski definition) is 5. The second kappa shape index (κ2) is 30.5. The highest BCUT2D eigenvalue weighted by molar-refractivity contribution is 5.77. The molecule has 0 aromatic carbocycles. The fourth-order valence-electron chi connectivity index (χ4n) is 6.28. The summed E-state index contributed by atoms with van der Waals surface area (Å²) < 4.78 is 17.2. The number of furan rings is 1. The highest BCUT2D eigenvalue weighted by Crippen LogP contribution is 2.39. The largest absolute Gasteiger partial charge is 0.458 e. The minimum Gasteiger partial charge on any atom is -0.458 e. The quantitative estimate of drug-likeness (QED) is 0.0561. The number of carbonyl (C=O) groups excluding carboxylic acids is 2. The first kappa shape index (κ1) is 42.2. The van der Waals surface area contributed by atoms with E-state index in [1.165, 1.54) is 141 Å². The molecule has 0 aliphatic rings. The molecule has 0 saturated carbocycles. The Bertz CT molecular complexity index is 857. The molecule has 0 fully saturated rings. The molecular weight excluding hydrogens is 572 g/mol. The van der Waals surface area contributed by atoms with Crippen LogP contribution in [-0.4, -0.2) is 11.9 Å². The number of hydrogen-bond donors (Lipinski definition) is 0. The molecule has 268 valence electrons. The second-order valence-electron chi connectivity index (χ2n) is 13.7. The van der Waals surface area contributed by atoms with Crippen LogP contribution in [0.25, 0.3) is 0 Å². The minimum absolute atomic E-state index is 0.279. The molecule has 1 aromatic rings. The van der Waals surface area contributed by atoms with Gasteiger partial charge in [0, 0.05) is 19.3 Å². The van der Waals surface area contributed by atoms with Gasteiger partial charge in [-0.3, -0.25) is 9.59 Å². The molecule has 0 N–H and O–H groups in total. The van der Waals surface area contributed by atoms with E-state index in [9.17, 15) is 9.59 Å². The van der Waals surface area contributed by atoms with Gasteiger partial charge in [0.1, 0.15) is 5.76 Å². The lowest BCUT2D eigenvalue weighted by Crippen LogP contribution is -2.12. The van der Waals surface area contributed by atoms with Gasteiger partial charge in [0.05, 0.1) is 0 Å². The molecule has 5 nitrogen and oxygen atoms in total. The van der Waals surface area contributed by atoms with Gasteiger partial charge in [0.2, 0.25) is 11.5 Å². The summed E-state index contributed by atoms with van der Waals surface area (Å²) in [5.74, 6) is 1.07. The Balaban J connectivity index is 2.16. The lowest BCUT2D eigenvalue weighted by atomic mass is 10.0. The third-order valence-corrected chi connectivity index (χ3v) is 9.28. The summed E-state index contributed by atoms with van der Waals surface area (Å²) in [4.78, 5) is 25.3. The van der Waals surface area contributed by atoms with Crippen LogP contribution in [0.15, 0.2) is 4.42 Å². The second-order valence-corrected chi connectivity index (χ2v) is 13.7. The van der Waals surface area contributed by atoms with Crippen LogP contribution in [0.1, 0.15) is 225 Å². The normalized spacial score (nSPS) is 11.3. The molecule has 1 heterocycles. The summed E-state index contributed by atoms with van der Waals surface area (Å²) >= 11 is 0. The summed E-state index contributed by atoms with van der Waals surface area (Å²) in [5.41, 5.74) is 0. The van der Waals surface area contributed by atoms with Crippen molar-refractivity contribution in [3.8, 4) is 11.5 Å². The molecule has 0 atom stereocenters. The summed E-state index contributed by atoms with van der Waals surface area (Å²) in [5, 5.41) is 0. The Labute approximate surface area is 284 Å². The average molecular weight is 647 g/mol. The summed E-state index contributed by atoms with van der Waals surface area (Å²) in [6, 6.07) is 0. The van der Waals surface area contributed by atoms with Crippen LogP contribution >= 0.6 is 0 Å². The van der Waals surface area contributed by atoms with Gasteiger partial charge in [-0.15, -0.1) is 0 Å². The zero-order valence-corrected chi connectivity index (χ0v) is 31.0. The lowest BCUT2D eigenvalue weighted by Gasteiger charge is -2.08. The van der Waals surface area contributed by atoms with Crippen LogP contribution in [-0.2, 0) is 16.0 Å². The average Bonchev–Trinajstić information content (AvgIpc) is 3.34. The van der Waals surface area contributed by atoms with Gasteiger partial charge >= 0.3 is 11.9 Å². The highest BCUT2D eigenvalue weighted by Gasteiger charge is 2.24. The number of rotatable bonds is 33. The standard InChI is InChI=1S/C41H74O5/c1-5-8-10-12-14-16-18-20-22-24-26-28-30-32-34-38(42)45-40-36(4)44-37(7-3)41(40)46-39(43)35-33-31-29-27-25-23-21-19-17-15-13-11-9-6-2/h5-35H2,1-4H3. The third kappa shape index (κ3) is 22.7. The van der Waals surface area contributed by atoms with Crippen LogP contribution < -0.4 is 9.47 Å². The number of ether oxygens (including phenoxy) is 2. The van der Waals surface area contributed by atoms with E-state index in [2.05, 4.69) is 13.8 Å². The SMILES string of the molecule is CCCCCCCCCCCCCCCCC(=O)Oc1c(C)oc(CC)c1OC(=O)CCCCCCCCCCCCCCCC. The molecule has 0 aliphatic carbocycles. The van der Waals surface area contributed by atoms with E-state index in [0.717, 1.165) is 38.5 Å². The van der Waals surface area contributed by atoms with Crippen molar-refractivity contribution in [1.29, 1.82) is 0 Å². The molecule has 0 aliphatic heterocycles. The summed E-state index contributed by atoms with van der Waals surface area (Å²) in [7, 11) is 0. The van der Waals surface area contributed by atoms with Crippen molar-refractivity contribution in [2.45, 2.75) is 227 Å². The summed E-state index contributed by atoms with van der Waals surface area (Å²) in [6.45, 7) is 8.25. The van der Waals surface area contributed by atoms with Crippen molar-refractivity contribution in [2.75, 3.05) is 0 Å². The smallest absolute Gasteiger partial charge is 0.311 e. The van der Waals surface area contributed by atoms with Gasteiger partial charge in [-0.2, -0.15) is 0 Å². The number of aryl methyl sites for hydroxylation is 2. The van der Waals surface area contributed by atoms with Crippen molar-refractivity contribution >= 4 is 11.9 Å². The molecule has 1 rings (SSSR count). The van der Waals surface area contributed by atoms with Gasteiger partial charge in [0.25, 0.3) is 0 Å². The molecular formula is C41H74O5. The van der Waals surface area contributed by atoms with Crippen molar-refractivity contribution in [1.82, 2.24) is 0 Å². The van der Waals surface area contributed by atoms with Crippen LogP contribution in [0.3, 0.4) is 0 Å². The van der Waals surface area contributed by atoms with Gasteiger partial charge in [-0.25, -0.2) is 0 Å². The van der Waals surface area contributed by atoms with Gasteiger partial charge in [0.15, 0.2) is 5.76 Å². The van der Waals surface area contributed by atoms with Crippen LogP contribution in [0, 0.1) is 6.92 Å². The Morgan fingerprint density at radius 3 is 1.02 bits per heavy atom. The van der Waals surface area contributed by atoms with Gasteiger partial charge < -0.3 is 13.9 Å². The fourth-order valence-corrected chi connectivity index (χ4v) is 6.28. The Morgan fingerprint density at radius 2 is 0.717 bits per heavy atom. The van der Waals surface area contributed by atoms with E-state index in [1.54, 1.807) is 6.92 Å². The fraction of sp³-hybridized carbons (Fsp3) is 0.854. The van der Waals surface area contributed by atoms with Crippen LogP contribution in [0.5, 0.6) is 11.5 Å². The van der Waals surface area contributed by atoms with E-state index in [0.29, 0.717) is 36.5 Å². The van der Waals surface area contributed by atoms with E-state index in [1.807, 2.05) is 6.92 Å². The maximum Gasteiger partial charge on any atom is 0.311 e. The maximum absolute atomic E-state index is 12.7. The molecule has 0 spiro atoms. The zero-order valence-electron chi connectivity index (χ0n) is 31.0. The van der Waals surface area contributed by atoms with E-state index < -0.39 is 0 Å². The van der Waals surface area contributed by atoms with Crippen molar-refractivity contribution < 1.29 is 23.5 Å². The lowest BCUT2D eigenvalue weighted by molar-refractivity contribution is -0.137. The van der Waals surface area contributed by atoms with Crippen molar-refractivity contribution in [3.63, 3.8) is 0 Å². The Morgan fingerprint density at radius 1 is 0.435 bits per heavy atom. The Hall–Kier alpha value is -1.78. The van der Waals surface area contributed by atoms with Gasteiger partial charge in [-0.05, 0) is 19.8 Å². The molecule has 1 aromatic heterocycles. The first-order chi connectivity index (χ1) is 22.5. The molecule has 5 heteroatoms. The first-order valence-electron chi connectivity index (χ1n) is 20.1. The monoisotopic (exact) mass is 647 g/mol. The molecule has 0 saturated heterocycles. The van der Waals surface area contributed by atoms with E-state index >= 15 is 0 Å². The predicted octanol–water partition coefficient (Wildman–Crippen LogP) is 13.7. The molecule has 0 bridgehead atoms. The predicted molar refractivity (Wildman–Crippen MR) is 194 cm³/mol. The minimum atomic E-state index is -0.283. The summed E-state index contributed by atoms with van der Waals surface area (Å²) in [6.07, 6.45) is 37.2. The third-order valence-electron chi connectivity index (χ3n) is 9.28. The Kier molecular flexibility index (Phi) is 28.1. The van der Waals surface area contributed by atoms with Crippen molar-refractivity contribution in [2.24, 2.45) is 0 Å². The van der Waals surface area contributed by atoms with Gasteiger partial charge in [-0.1, -0.05) is 188 Å². The van der Waals surface area contributed by atoms with Crippen molar-refractivity contribution in [3.05, 3.63) is 11.5 Å². The highest BCUT2D eigenvalue weighted by atomic mass is 16.6. The van der Waals surface area contributed by atoms with Crippen LogP contribution in [0.4, 0.5) is 0 Å². The number of esters is 2. The molecule has 0 radical (unpaired) electrons. The van der Waals surface area contributed by atoms with Crippen LogP contribution in [0.2, 0.25) is 0 Å². The maximum atomic E-state index is 12.7. The van der Waals surface area contributed by atoms with E-state index in [-0.39, 0.29) is 17.7 Å². The number of carbonyl (C=O) groups is 2. The molecule has 0 unspecified atom stereocenters. The molecule has 46 heavy (non-hydrogen) atoms. The molecule has 0 amide bonds. The zero-order chi connectivity index (χ0) is 33.5. The topological polar surface area (TPSA) is 65.7 Å². The first-order valence-corrected chi connectivity index (χ1v) is 20.1. The number of unbranched alkanes of at least 4 members (excludes halogenated alkanes) is 26. The van der Waals surface area contributed by atoms with E-state index in [4.69, 9.17) is 13.9 Å².